The molecule has 3 nitrogen and oxygen atoms in total. The zero-order valence-electron chi connectivity index (χ0n) is 9.24. The predicted octanol–water partition coefficient (Wildman–Crippen LogP) is 2.57. The molecule has 1 aliphatic heterocycles. The van der Waals surface area contributed by atoms with Gasteiger partial charge in [0, 0.05) is 12.6 Å². The number of nitrogens with zero attached hydrogens (tertiary/aromatic N) is 2. The van der Waals surface area contributed by atoms with Crippen molar-refractivity contribution in [1.82, 2.24) is 15.1 Å². The van der Waals surface area contributed by atoms with Gasteiger partial charge in [-0.1, -0.05) is 0 Å². The van der Waals surface area contributed by atoms with E-state index in [0.717, 1.165) is 27.1 Å². The molecule has 5 heteroatoms. The van der Waals surface area contributed by atoms with Crippen LogP contribution in [-0.4, -0.2) is 16.3 Å². The van der Waals surface area contributed by atoms with Crippen molar-refractivity contribution in [3.8, 4) is 5.69 Å². The normalized spacial score (nSPS) is 18.4. The third kappa shape index (κ3) is 2.09. The fourth-order valence-electron chi connectivity index (χ4n) is 1.86. The van der Waals surface area contributed by atoms with Crippen LogP contribution in [0, 0.1) is 16.3 Å². The summed E-state index contributed by atoms with van der Waals surface area (Å²) in [5, 5.41) is 7.45. The van der Waals surface area contributed by atoms with E-state index in [1.807, 2.05) is 13.0 Å². The average Bonchev–Trinajstić information content (AvgIpc) is 3.07. The zero-order valence-corrected chi connectivity index (χ0v) is 11.4. The van der Waals surface area contributed by atoms with Crippen LogP contribution in [0.5, 0.6) is 0 Å². The van der Waals surface area contributed by atoms with Gasteiger partial charge >= 0.3 is 0 Å². The molecule has 3 rings (SSSR count). The van der Waals surface area contributed by atoms with Gasteiger partial charge in [0.2, 0.25) is 0 Å². The summed E-state index contributed by atoms with van der Waals surface area (Å²) < 4.78 is 16.4. The third-order valence-electron chi connectivity index (χ3n) is 2.91. The van der Waals surface area contributed by atoms with Crippen LogP contribution < -0.4 is 5.32 Å². The molecular formula is C12H11FIN3. The van der Waals surface area contributed by atoms with Gasteiger partial charge in [-0.15, -0.1) is 0 Å². The lowest BCUT2D eigenvalue weighted by Gasteiger charge is -2.07. The topological polar surface area (TPSA) is 39.8 Å². The highest BCUT2D eigenvalue weighted by Crippen LogP contribution is 2.25. The van der Waals surface area contributed by atoms with Crippen molar-refractivity contribution in [2.24, 2.45) is 0 Å². The molecule has 0 aliphatic carbocycles. The van der Waals surface area contributed by atoms with Gasteiger partial charge in [0.25, 0.3) is 0 Å². The number of rotatable bonds is 2. The van der Waals surface area contributed by atoms with Gasteiger partial charge in [-0.2, -0.15) is 5.10 Å². The van der Waals surface area contributed by atoms with Crippen molar-refractivity contribution in [1.29, 1.82) is 0 Å². The summed E-state index contributed by atoms with van der Waals surface area (Å²) in [5.74, 6) is -0.212. The number of nitrogens with one attached hydrogen (secondary N) is 1. The molecule has 1 aliphatic rings. The Balaban J connectivity index is 2.10. The Hall–Kier alpha value is -0.950. The van der Waals surface area contributed by atoms with Crippen LogP contribution in [0.1, 0.15) is 17.3 Å². The summed E-state index contributed by atoms with van der Waals surface area (Å²) in [7, 11) is 0. The minimum atomic E-state index is -0.212. The van der Waals surface area contributed by atoms with Crippen molar-refractivity contribution in [2.75, 3.05) is 6.54 Å². The Morgan fingerprint density at radius 1 is 1.47 bits per heavy atom. The lowest BCUT2D eigenvalue weighted by Crippen LogP contribution is -2.01. The molecule has 1 saturated heterocycles. The minimum absolute atomic E-state index is 0.212. The molecule has 2 aromatic rings. The van der Waals surface area contributed by atoms with E-state index in [-0.39, 0.29) is 5.82 Å². The van der Waals surface area contributed by atoms with Crippen molar-refractivity contribution < 1.29 is 4.39 Å². The van der Waals surface area contributed by atoms with Gasteiger partial charge in [-0.25, -0.2) is 9.07 Å². The van der Waals surface area contributed by atoms with Gasteiger partial charge in [0.05, 0.1) is 21.1 Å². The summed E-state index contributed by atoms with van der Waals surface area (Å²) in [6.45, 7) is 2.91. The molecule has 0 bridgehead atoms. The van der Waals surface area contributed by atoms with E-state index in [2.05, 4.69) is 33.0 Å². The molecule has 1 N–H and O–H groups in total. The highest BCUT2D eigenvalue weighted by Gasteiger charge is 2.23. The van der Waals surface area contributed by atoms with E-state index in [0.29, 0.717) is 6.04 Å². The van der Waals surface area contributed by atoms with Crippen LogP contribution in [0.25, 0.3) is 5.69 Å². The molecule has 17 heavy (non-hydrogen) atoms. The van der Waals surface area contributed by atoms with Crippen LogP contribution in [0.2, 0.25) is 0 Å². The van der Waals surface area contributed by atoms with Gasteiger partial charge in [0.15, 0.2) is 0 Å². The first-order chi connectivity index (χ1) is 8.15. The van der Waals surface area contributed by atoms with E-state index in [1.165, 1.54) is 6.07 Å². The van der Waals surface area contributed by atoms with E-state index in [1.54, 1.807) is 16.9 Å². The second-order valence-electron chi connectivity index (χ2n) is 4.19. The molecule has 88 valence electrons. The maximum Gasteiger partial charge on any atom is 0.125 e. The number of hydrogen-bond acceptors (Lipinski definition) is 2. The summed E-state index contributed by atoms with van der Waals surface area (Å²) in [4.78, 5) is 0. The maximum absolute atomic E-state index is 13.6. The molecule has 0 radical (unpaired) electrons. The molecule has 1 unspecified atom stereocenters. The van der Waals surface area contributed by atoms with Crippen molar-refractivity contribution in [3.05, 3.63) is 45.0 Å². The van der Waals surface area contributed by atoms with E-state index in [9.17, 15) is 4.39 Å². The summed E-state index contributed by atoms with van der Waals surface area (Å²) in [5.41, 5.74) is 2.81. The van der Waals surface area contributed by atoms with Crippen molar-refractivity contribution in [2.45, 2.75) is 13.0 Å². The van der Waals surface area contributed by atoms with E-state index in [4.69, 9.17) is 0 Å². The Morgan fingerprint density at radius 3 is 2.82 bits per heavy atom. The Kier molecular flexibility index (Phi) is 2.67. The molecule has 1 aromatic carbocycles. The highest BCUT2D eigenvalue weighted by atomic mass is 127. The first kappa shape index (κ1) is 11.2. The van der Waals surface area contributed by atoms with E-state index < -0.39 is 0 Å². The molecular weight excluding hydrogens is 332 g/mol. The average molecular weight is 343 g/mol. The van der Waals surface area contributed by atoms with E-state index >= 15 is 0 Å². The first-order valence-electron chi connectivity index (χ1n) is 5.39. The summed E-state index contributed by atoms with van der Waals surface area (Å²) in [6.07, 6.45) is 1.79. The summed E-state index contributed by atoms with van der Waals surface area (Å²) in [6, 6.07) is 5.39. The number of halogens is 2. The predicted molar refractivity (Wildman–Crippen MR) is 71.7 cm³/mol. The van der Waals surface area contributed by atoms with Gasteiger partial charge in [-0.3, -0.25) is 0 Å². The number of aromatic nitrogens is 2. The molecule has 2 heterocycles. The van der Waals surface area contributed by atoms with Gasteiger partial charge < -0.3 is 5.32 Å². The smallest absolute Gasteiger partial charge is 0.125 e. The lowest BCUT2D eigenvalue weighted by atomic mass is 10.1. The monoisotopic (exact) mass is 343 g/mol. The third-order valence-corrected chi connectivity index (χ3v) is 3.97. The molecule has 0 saturated carbocycles. The molecule has 1 aromatic heterocycles. The SMILES string of the molecule is Cc1c(I)cnn1-c1cc(F)cc(C2CN2)c1. The molecule has 1 atom stereocenters. The van der Waals surface area contributed by atoms with Crippen LogP contribution in [0.4, 0.5) is 4.39 Å². The zero-order chi connectivity index (χ0) is 12.0. The molecule has 0 amide bonds. The fraction of sp³-hybridized carbons (Fsp3) is 0.250. The second-order valence-corrected chi connectivity index (χ2v) is 5.36. The maximum atomic E-state index is 13.6. The highest BCUT2D eigenvalue weighted by molar-refractivity contribution is 14.1. The van der Waals surface area contributed by atoms with Gasteiger partial charge in [0.1, 0.15) is 5.82 Å². The Labute approximate surface area is 112 Å². The molecule has 1 fully saturated rings. The number of hydrogen-bond donors (Lipinski definition) is 1. The number of benzene rings is 1. The van der Waals surface area contributed by atoms with Crippen LogP contribution in [-0.2, 0) is 0 Å². The minimum Gasteiger partial charge on any atom is -0.307 e. The fourth-order valence-corrected chi connectivity index (χ4v) is 2.22. The van der Waals surface area contributed by atoms with Crippen LogP contribution >= 0.6 is 22.6 Å². The summed E-state index contributed by atoms with van der Waals surface area (Å²) >= 11 is 2.23. The second kappa shape index (κ2) is 4.06. The Bertz CT molecular complexity index is 575. The molecule has 0 spiro atoms. The van der Waals surface area contributed by atoms with Gasteiger partial charge in [-0.05, 0) is 53.3 Å². The Morgan fingerprint density at radius 2 is 2.24 bits per heavy atom. The van der Waals surface area contributed by atoms with Crippen LogP contribution in [0.3, 0.4) is 0 Å². The van der Waals surface area contributed by atoms with Crippen molar-refractivity contribution >= 4 is 22.6 Å². The first-order valence-corrected chi connectivity index (χ1v) is 6.47. The quantitative estimate of drug-likeness (QED) is 0.673. The largest absolute Gasteiger partial charge is 0.307 e. The standard InChI is InChI=1S/C12H11FIN3/c1-7-11(14)5-16-17(7)10-3-8(12-6-15-12)2-9(13)4-10/h2-5,12,15H,6H2,1H3. The van der Waals surface area contributed by atoms with Crippen LogP contribution in [0.15, 0.2) is 24.4 Å². The lowest BCUT2D eigenvalue weighted by molar-refractivity contribution is 0.622. The van der Waals surface area contributed by atoms with Crippen molar-refractivity contribution in [3.63, 3.8) is 0 Å².